The first kappa shape index (κ1) is 19.4. The lowest BCUT2D eigenvalue weighted by molar-refractivity contribution is -0.0437. The highest BCUT2D eigenvalue weighted by atomic mass is 35.5. The molecular weight excluding hydrogens is 334 g/mol. The molecule has 0 amide bonds. The van der Waals surface area contributed by atoms with Crippen LogP contribution in [0.15, 0.2) is 0 Å². The predicted molar refractivity (Wildman–Crippen MR) is 96.5 cm³/mol. The predicted octanol–water partition coefficient (Wildman–Crippen LogP) is 1.45. The molecular formula is C16H32ClN3O2S. The Morgan fingerprint density at radius 2 is 1.87 bits per heavy atom. The highest BCUT2D eigenvalue weighted by Gasteiger charge is 2.45. The number of sulfonamides is 1. The minimum Gasteiger partial charge on any atom is -0.316 e. The van der Waals surface area contributed by atoms with Crippen LogP contribution in [0.3, 0.4) is 0 Å². The third-order valence-electron chi connectivity index (χ3n) is 5.93. The Labute approximate surface area is 147 Å². The molecule has 1 atom stereocenters. The Morgan fingerprint density at radius 1 is 1.17 bits per heavy atom. The van der Waals surface area contributed by atoms with E-state index < -0.39 is 10.0 Å². The zero-order valence-electron chi connectivity index (χ0n) is 14.2. The van der Waals surface area contributed by atoms with Crippen LogP contribution in [0.25, 0.3) is 0 Å². The van der Waals surface area contributed by atoms with E-state index in [1.165, 1.54) is 64.8 Å². The van der Waals surface area contributed by atoms with Gasteiger partial charge in [0.25, 0.3) is 0 Å². The van der Waals surface area contributed by atoms with Gasteiger partial charge in [0.1, 0.15) is 0 Å². The third-order valence-corrected chi connectivity index (χ3v) is 7.30. The first-order chi connectivity index (χ1) is 10.5. The largest absolute Gasteiger partial charge is 0.316 e. The molecule has 3 aliphatic rings. The zero-order chi connectivity index (χ0) is 15.6. The van der Waals surface area contributed by atoms with E-state index in [1.807, 2.05) is 0 Å². The van der Waals surface area contributed by atoms with Crippen molar-refractivity contribution in [3.8, 4) is 0 Å². The number of hydrogen-bond acceptors (Lipinski definition) is 4. The Kier molecular flexibility index (Phi) is 6.76. The topological polar surface area (TPSA) is 61.4 Å². The van der Waals surface area contributed by atoms with Crippen molar-refractivity contribution in [1.82, 2.24) is 14.9 Å². The number of likely N-dealkylation sites (tertiary alicyclic amines) is 1. The fourth-order valence-corrected chi connectivity index (χ4v) is 5.12. The quantitative estimate of drug-likeness (QED) is 0.747. The van der Waals surface area contributed by atoms with Crippen molar-refractivity contribution >= 4 is 22.4 Å². The Balaban J connectivity index is 0.00000192. The van der Waals surface area contributed by atoms with E-state index in [1.54, 1.807) is 6.92 Å². The van der Waals surface area contributed by atoms with Gasteiger partial charge in [-0.15, -0.1) is 12.4 Å². The molecule has 1 spiro atoms. The van der Waals surface area contributed by atoms with Crippen molar-refractivity contribution in [3.63, 3.8) is 0 Å². The fourth-order valence-electron chi connectivity index (χ4n) is 4.42. The standard InChI is InChI=1S/C16H31N3O2S.ClH/c1-2-22(20,21)18-10-14-3-6-16(7-4-14)12-19(13-16)11-15-5-8-17-9-15;/h14-15,17-18H,2-13H2,1H3;1H/t15-;/m1./s1. The van der Waals surface area contributed by atoms with Gasteiger partial charge in [-0.25, -0.2) is 13.1 Å². The van der Waals surface area contributed by atoms with E-state index in [0.29, 0.717) is 17.9 Å². The number of rotatable bonds is 6. The van der Waals surface area contributed by atoms with Gasteiger partial charge in [-0.2, -0.15) is 0 Å². The highest BCUT2D eigenvalue weighted by molar-refractivity contribution is 7.89. The molecule has 2 saturated heterocycles. The normalized spacial score (nSPS) is 28.5. The van der Waals surface area contributed by atoms with Gasteiger partial charge in [-0.1, -0.05) is 0 Å². The maximum Gasteiger partial charge on any atom is 0.211 e. The van der Waals surface area contributed by atoms with Gasteiger partial charge in [-0.3, -0.25) is 0 Å². The van der Waals surface area contributed by atoms with Gasteiger partial charge in [0, 0.05) is 26.2 Å². The first-order valence-corrected chi connectivity index (χ1v) is 10.6. The van der Waals surface area contributed by atoms with Gasteiger partial charge in [-0.05, 0) is 69.4 Å². The van der Waals surface area contributed by atoms with Crippen molar-refractivity contribution in [1.29, 1.82) is 0 Å². The van der Waals surface area contributed by atoms with Crippen LogP contribution in [-0.4, -0.2) is 58.3 Å². The molecule has 2 aliphatic heterocycles. The maximum atomic E-state index is 11.5. The minimum atomic E-state index is -3.03. The van der Waals surface area contributed by atoms with Crippen LogP contribution in [0.5, 0.6) is 0 Å². The van der Waals surface area contributed by atoms with Gasteiger partial charge < -0.3 is 10.2 Å². The summed E-state index contributed by atoms with van der Waals surface area (Å²) in [7, 11) is -3.03. The van der Waals surface area contributed by atoms with Crippen LogP contribution in [0.2, 0.25) is 0 Å². The number of nitrogens with zero attached hydrogens (tertiary/aromatic N) is 1. The van der Waals surface area contributed by atoms with Crippen LogP contribution in [0.1, 0.15) is 39.0 Å². The van der Waals surface area contributed by atoms with Crippen molar-refractivity contribution in [2.24, 2.45) is 17.3 Å². The van der Waals surface area contributed by atoms with E-state index in [4.69, 9.17) is 0 Å². The second-order valence-corrected chi connectivity index (χ2v) is 9.82. The second-order valence-electron chi connectivity index (χ2n) is 7.72. The zero-order valence-corrected chi connectivity index (χ0v) is 15.9. The van der Waals surface area contributed by atoms with Gasteiger partial charge in [0.2, 0.25) is 10.0 Å². The summed E-state index contributed by atoms with van der Waals surface area (Å²) in [6.45, 7) is 8.55. The SMILES string of the molecule is CCS(=O)(=O)NCC1CCC2(CC1)CN(C[C@@H]1CCNC1)C2.Cl. The summed E-state index contributed by atoms with van der Waals surface area (Å²) in [5.41, 5.74) is 0.562. The maximum absolute atomic E-state index is 11.5. The molecule has 5 nitrogen and oxygen atoms in total. The van der Waals surface area contributed by atoms with E-state index in [9.17, 15) is 8.42 Å². The molecule has 1 saturated carbocycles. The third kappa shape index (κ3) is 5.05. The van der Waals surface area contributed by atoms with E-state index >= 15 is 0 Å². The molecule has 3 fully saturated rings. The molecule has 0 aromatic rings. The van der Waals surface area contributed by atoms with Gasteiger partial charge >= 0.3 is 0 Å². The van der Waals surface area contributed by atoms with E-state index in [2.05, 4.69) is 14.9 Å². The van der Waals surface area contributed by atoms with Gasteiger partial charge in [0.15, 0.2) is 0 Å². The molecule has 0 unspecified atom stereocenters. The van der Waals surface area contributed by atoms with E-state index in [0.717, 1.165) is 5.92 Å². The molecule has 7 heteroatoms. The summed E-state index contributed by atoms with van der Waals surface area (Å²) < 4.78 is 25.8. The lowest BCUT2D eigenvalue weighted by Gasteiger charge is -2.54. The van der Waals surface area contributed by atoms with Crippen molar-refractivity contribution in [2.75, 3.05) is 45.0 Å². The molecule has 0 radical (unpaired) electrons. The molecule has 0 bridgehead atoms. The molecule has 1 aliphatic carbocycles. The molecule has 136 valence electrons. The summed E-state index contributed by atoms with van der Waals surface area (Å²) in [6, 6.07) is 0. The van der Waals surface area contributed by atoms with Crippen LogP contribution >= 0.6 is 12.4 Å². The summed E-state index contributed by atoms with van der Waals surface area (Å²) >= 11 is 0. The lowest BCUT2D eigenvalue weighted by atomic mass is 9.66. The summed E-state index contributed by atoms with van der Waals surface area (Å²) in [4.78, 5) is 2.64. The van der Waals surface area contributed by atoms with E-state index in [-0.39, 0.29) is 18.2 Å². The lowest BCUT2D eigenvalue weighted by Crippen LogP contribution is -2.58. The summed E-state index contributed by atoms with van der Waals surface area (Å²) in [5.74, 6) is 1.59. The smallest absolute Gasteiger partial charge is 0.211 e. The monoisotopic (exact) mass is 365 g/mol. The number of hydrogen-bond donors (Lipinski definition) is 2. The van der Waals surface area contributed by atoms with Crippen LogP contribution in [-0.2, 0) is 10.0 Å². The molecule has 3 rings (SSSR count). The first-order valence-electron chi connectivity index (χ1n) is 8.91. The molecule has 0 aromatic heterocycles. The average Bonchev–Trinajstić information content (AvgIpc) is 2.98. The number of halogens is 1. The van der Waals surface area contributed by atoms with Crippen LogP contribution in [0.4, 0.5) is 0 Å². The number of nitrogens with one attached hydrogen (secondary N) is 2. The van der Waals surface area contributed by atoms with Crippen LogP contribution in [0, 0.1) is 17.3 Å². The van der Waals surface area contributed by atoms with Gasteiger partial charge in [0.05, 0.1) is 5.75 Å². The summed E-state index contributed by atoms with van der Waals surface area (Å²) in [6.07, 6.45) is 6.27. The average molecular weight is 366 g/mol. The Hall–Kier alpha value is 0.120. The Morgan fingerprint density at radius 3 is 2.43 bits per heavy atom. The molecule has 2 N–H and O–H groups in total. The minimum absolute atomic E-state index is 0. The molecule has 0 aromatic carbocycles. The summed E-state index contributed by atoms with van der Waals surface area (Å²) in [5, 5.41) is 3.45. The van der Waals surface area contributed by atoms with Crippen molar-refractivity contribution < 1.29 is 8.42 Å². The second kappa shape index (κ2) is 8.00. The molecule has 23 heavy (non-hydrogen) atoms. The highest BCUT2D eigenvalue weighted by Crippen LogP contribution is 2.45. The van der Waals surface area contributed by atoms with Crippen molar-refractivity contribution in [3.05, 3.63) is 0 Å². The van der Waals surface area contributed by atoms with Crippen LogP contribution < -0.4 is 10.0 Å². The fraction of sp³-hybridized carbons (Fsp3) is 1.00. The van der Waals surface area contributed by atoms with Crippen molar-refractivity contribution in [2.45, 2.75) is 39.0 Å². The molecule has 2 heterocycles. The Bertz CT molecular complexity index is 464.